The second-order valence-electron chi connectivity index (χ2n) is 15.0. The Kier molecular flexibility index (Phi) is 10.0. The molecular weight excluding hydrogens is 725 g/mol. The molecule has 0 aliphatic rings. The number of fused-ring (bicyclic) bond motifs is 1. The molecule has 0 aromatic heterocycles. The van der Waals surface area contributed by atoms with Gasteiger partial charge in [-0.25, -0.2) is 0 Å². The molecule has 0 aliphatic heterocycles. The number of hydrogen-bond acceptors (Lipinski definition) is 2. The van der Waals surface area contributed by atoms with Crippen molar-refractivity contribution in [2.75, 3.05) is 9.80 Å². The van der Waals surface area contributed by atoms with Crippen molar-refractivity contribution in [3.05, 3.63) is 255 Å². The van der Waals surface area contributed by atoms with E-state index in [9.17, 15) is 0 Å². The average molecular weight is 767 g/mol. The summed E-state index contributed by atoms with van der Waals surface area (Å²) < 4.78 is 0. The minimum Gasteiger partial charge on any atom is -0.311 e. The van der Waals surface area contributed by atoms with Gasteiger partial charge in [-0.2, -0.15) is 0 Å². The number of hydrogen-bond donors (Lipinski definition) is 0. The zero-order valence-electron chi connectivity index (χ0n) is 33.1. The summed E-state index contributed by atoms with van der Waals surface area (Å²) in [5.74, 6) is 0. The molecule has 10 aromatic rings. The van der Waals surface area contributed by atoms with Crippen LogP contribution in [0.5, 0.6) is 0 Å². The van der Waals surface area contributed by atoms with Gasteiger partial charge in [-0.3, -0.25) is 0 Å². The highest BCUT2D eigenvalue weighted by Crippen LogP contribution is 2.44. The third-order valence-electron chi connectivity index (χ3n) is 11.3. The van der Waals surface area contributed by atoms with Crippen molar-refractivity contribution in [1.29, 1.82) is 0 Å². The number of benzene rings is 10. The number of nitrogens with zero attached hydrogens (tertiary/aromatic N) is 2. The van der Waals surface area contributed by atoms with E-state index in [2.05, 4.69) is 265 Å². The molecule has 2 heteroatoms. The zero-order valence-corrected chi connectivity index (χ0v) is 33.1. The van der Waals surface area contributed by atoms with E-state index in [1.54, 1.807) is 0 Å². The van der Waals surface area contributed by atoms with E-state index in [1.807, 2.05) is 0 Å². The van der Waals surface area contributed by atoms with Crippen LogP contribution in [0.3, 0.4) is 0 Å². The third kappa shape index (κ3) is 7.35. The molecule has 284 valence electrons. The van der Waals surface area contributed by atoms with Crippen molar-refractivity contribution in [1.82, 2.24) is 0 Å². The summed E-state index contributed by atoms with van der Waals surface area (Å²) in [6, 6.07) is 91.2. The topological polar surface area (TPSA) is 6.48 Å². The highest BCUT2D eigenvalue weighted by molar-refractivity contribution is 6.05. The van der Waals surface area contributed by atoms with E-state index in [1.165, 1.54) is 55.3 Å². The molecule has 10 aromatic carbocycles. The Bertz CT molecular complexity index is 2920. The van der Waals surface area contributed by atoms with Crippen LogP contribution in [0.2, 0.25) is 0 Å². The minimum absolute atomic E-state index is 1.11. The molecule has 2 nitrogen and oxygen atoms in total. The number of rotatable bonds is 10. The van der Waals surface area contributed by atoms with Crippen LogP contribution in [0.4, 0.5) is 34.1 Å². The molecule has 0 N–H and O–H groups in total. The van der Waals surface area contributed by atoms with Gasteiger partial charge in [-0.1, -0.05) is 188 Å². The lowest BCUT2D eigenvalue weighted by molar-refractivity contribution is 1.28. The van der Waals surface area contributed by atoms with Gasteiger partial charge in [0.2, 0.25) is 0 Å². The summed E-state index contributed by atoms with van der Waals surface area (Å²) in [4.78, 5) is 4.67. The third-order valence-corrected chi connectivity index (χ3v) is 11.3. The maximum absolute atomic E-state index is 2.38. The van der Waals surface area contributed by atoms with E-state index >= 15 is 0 Å². The lowest BCUT2D eigenvalue weighted by Gasteiger charge is -2.29. The molecule has 0 atom stereocenters. The van der Waals surface area contributed by atoms with Crippen molar-refractivity contribution in [3.63, 3.8) is 0 Å². The predicted octanol–water partition coefficient (Wildman–Crippen LogP) is 16.4. The van der Waals surface area contributed by atoms with Gasteiger partial charge in [-0.05, 0) is 116 Å². The highest BCUT2D eigenvalue weighted by atomic mass is 15.1. The molecule has 0 saturated heterocycles. The van der Waals surface area contributed by atoms with Crippen LogP contribution >= 0.6 is 0 Å². The molecule has 0 saturated carbocycles. The van der Waals surface area contributed by atoms with Crippen LogP contribution in [-0.4, -0.2) is 0 Å². The second kappa shape index (κ2) is 16.5. The minimum atomic E-state index is 1.11. The Balaban J connectivity index is 0.899. The van der Waals surface area contributed by atoms with Crippen LogP contribution < -0.4 is 9.80 Å². The first kappa shape index (κ1) is 36.4. The molecule has 0 heterocycles. The molecule has 10 rings (SSSR count). The van der Waals surface area contributed by atoms with E-state index in [0.29, 0.717) is 0 Å². The fraction of sp³-hybridized carbons (Fsp3) is 0. The van der Waals surface area contributed by atoms with Gasteiger partial charge in [0.05, 0.1) is 5.69 Å². The van der Waals surface area contributed by atoms with Crippen molar-refractivity contribution in [2.45, 2.75) is 0 Å². The predicted molar refractivity (Wildman–Crippen MR) is 255 cm³/mol. The first-order valence-electron chi connectivity index (χ1n) is 20.5. The van der Waals surface area contributed by atoms with Gasteiger partial charge in [0.25, 0.3) is 0 Å². The Morgan fingerprint density at radius 1 is 0.200 bits per heavy atom. The summed E-state index contributed by atoms with van der Waals surface area (Å²) in [5, 5.41) is 2.46. The maximum Gasteiger partial charge on any atom is 0.0546 e. The molecule has 0 radical (unpaired) electrons. The SMILES string of the molecule is c1ccc(-c2c(N(c3ccccc3)c3ccc(-c4ccc(-c5ccc(-c6ccc(N(c7ccccc7)c7ccccc7)cc6)cc5)cc4)cc3)ccc3ccccc23)cc1. The average Bonchev–Trinajstić information content (AvgIpc) is 3.33. The van der Waals surface area contributed by atoms with Crippen LogP contribution in [-0.2, 0) is 0 Å². The first-order valence-corrected chi connectivity index (χ1v) is 20.5. The first-order chi connectivity index (χ1) is 29.8. The Morgan fingerprint density at radius 3 is 0.950 bits per heavy atom. The molecule has 0 amide bonds. The monoisotopic (exact) mass is 766 g/mol. The fourth-order valence-electron chi connectivity index (χ4n) is 8.28. The van der Waals surface area contributed by atoms with Crippen molar-refractivity contribution < 1.29 is 0 Å². The fourth-order valence-corrected chi connectivity index (χ4v) is 8.28. The van der Waals surface area contributed by atoms with Crippen LogP contribution in [0.25, 0.3) is 55.3 Å². The van der Waals surface area contributed by atoms with Gasteiger partial charge in [0.15, 0.2) is 0 Å². The summed E-state index contributed by atoms with van der Waals surface area (Å²) in [5.41, 5.74) is 16.3. The second-order valence-corrected chi connectivity index (χ2v) is 15.0. The van der Waals surface area contributed by atoms with Gasteiger partial charge < -0.3 is 9.80 Å². The van der Waals surface area contributed by atoms with E-state index < -0.39 is 0 Å². The Morgan fingerprint density at radius 2 is 0.517 bits per heavy atom. The summed E-state index contributed by atoms with van der Waals surface area (Å²) >= 11 is 0. The van der Waals surface area contributed by atoms with Gasteiger partial charge in [0, 0.05) is 34.0 Å². The van der Waals surface area contributed by atoms with Gasteiger partial charge in [-0.15, -0.1) is 0 Å². The van der Waals surface area contributed by atoms with E-state index in [4.69, 9.17) is 0 Å². The molecule has 0 spiro atoms. The molecule has 0 fully saturated rings. The van der Waals surface area contributed by atoms with Gasteiger partial charge >= 0.3 is 0 Å². The number of anilines is 6. The quantitative estimate of drug-likeness (QED) is 0.137. The standard InChI is InChI=1S/C58H42N2/c1-5-16-50(17-6-1)58-56-24-14-13-15-49(56)37-42-57(58)60(53-22-11-4-12-23-53)55-40-35-48(36-41-55)46-31-27-44(28-32-46)43-25-29-45(30-26-43)47-33-38-54(39-34-47)59(51-18-7-2-8-19-51)52-20-9-3-10-21-52/h1-42H. The lowest BCUT2D eigenvalue weighted by atomic mass is 9.95. The van der Waals surface area contributed by atoms with Crippen LogP contribution in [0, 0.1) is 0 Å². The zero-order chi connectivity index (χ0) is 40.1. The summed E-state index contributed by atoms with van der Waals surface area (Å²) in [7, 11) is 0. The highest BCUT2D eigenvalue weighted by Gasteiger charge is 2.19. The maximum atomic E-state index is 2.38. The molecule has 0 bridgehead atoms. The smallest absolute Gasteiger partial charge is 0.0546 e. The lowest BCUT2D eigenvalue weighted by Crippen LogP contribution is -2.11. The molecular formula is C58H42N2. The molecule has 0 unspecified atom stereocenters. The normalized spacial score (nSPS) is 11.0. The Labute approximate surface area is 352 Å². The van der Waals surface area contributed by atoms with Crippen LogP contribution in [0.1, 0.15) is 0 Å². The van der Waals surface area contributed by atoms with E-state index in [-0.39, 0.29) is 0 Å². The van der Waals surface area contributed by atoms with Gasteiger partial charge in [0.1, 0.15) is 0 Å². The summed E-state index contributed by atoms with van der Waals surface area (Å²) in [6.07, 6.45) is 0. The van der Waals surface area contributed by atoms with Crippen LogP contribution in [0.15, 0.2) is 255 Å². The Hall–Kier alpha value is -7.94. The summed E-state index contributed by atoms with van der Waals surface area (Å²) in [6.45, 7) is 0. The molecule has 0 aliphatic carbocycles. The van der Waals surface area contributed by atoms with Crippen molar-refractivity contribution in [2.24, 2.45) is 0 Å². The van der Waals surface area contributed by atoms with E-state index in [0.717, 1.165) is 34.1 Å². The number of para-hydroxylation sites is 3. The molecule has 60 heavy (non-hydrogen) atoms. The largest absolute Gasteiger partial charge is 0.311 e. The van der Waals surface area contributed by atoms with Crippen molar-refractivity contribution >= 4 is 44.9 Å². The van der Waals surface area contributed by atoms with Crippen molar-refractivity contribution in [3.8, 4) is 44.5 Å².